The lowest BCUT2D eigenvalue weighted by Crippen LogP contribution is -2.30. The molecular formula is C12H12BrF2NO. The molecule has 0 N–H and O–H groups in total. The first-order valence-corrected chi connectivity index (χ1v) is 6.21. The van der Waals surface area contributed by atoms with E-state index in [1.165, 1.54) is 11.0 Å². The predicted octanol–water partition coefficient (Wildman–Crippen LogP) is 2.70. The van der Waals surface area contributed by atoms with E-state index < -0.39 is 12.0 Å². The summed E-state index contributed by atoms with van der Waals surface area (Å²) >= 11 is 3.23. The maximum absolute atomic E-state index is 13.4. The number of benzene rings is 1. The second-order valence-electron chi connectivity index (χ2n) is 4.14. The van der Waals surface area contributed by atoms with Crippen LogP contribution in [0.1, 0.15) is 12.0 Å². The third-order valence-electron chi connectivity index (χ3n) is 2.83. The summed E-state index contributed by atoms with van der Waals surface area (Å²) in [5.74, 6) is -0.625. The normalized spacial score (nSPS) is 19.7. The molecule has 17 heavy (non-hydrogen) atoms. The molecule has 0 saturated carbocycles. The number of hydrogen-bond acceptors (Lipinski definition) is 1. The standard InChI is InChI=1S/C12H12BrF2NO/c13-9-1-2-11(15)8(5-9)6-12(17)16-4-3-10(14)7-16/h1-2,5,10H,3-4,6-7H2. The fourth-order valence-corrected chi connectivity index (χ4v) is 2.31. The monoisotopic (exact) mass is 303 g/mol. The SMILES string of the molecule is O=C(Cc1cc(Br)ccc1F)N1CCC(F)C1. The van der Waals surface area contributed by atoms with Gasteiger partial charge < -0.3 is 4.90 Å². The Hall–Kier alpha value is -0.970. The molecule has 1 heterocycles. The largest absolute Gasteiger partial charge is 0.339 e. The van der Waals surface area contributed by atoms with Crippen LogP contribution in [0.4, 0.5) is 8.78 Å². The van der Waals surface area contributed by atoms with Gasteiger partial charge in [0.05, 0.1) is 13.0 Å². The van der Waals surface area contributed by atoms with Crippen molar-refractivity contribution in [3.8, 4) is 0 Å². The number of carbonyl (C=O) groups is 1. The summed E-state index contributed by atoms with van der Waals surface area (Å²) < 4.78 is 27.1. The Morgan fingerprint density at radius 1 is 1.53 bits per heavy atom. The molecule has 1 aromatic rings. The molecule has 1 atom stereocenters. The second kappa shape index (κ2) is 5.12. The van der Waals surface area contributed by atoms with Gasteiger partial charge in [0.1, 0.15) is 12.0 Å². The van der Waals surface area contributed by atoms with Crippen LogP contribution in [-0.4, -0.2) is 30.1 Å². The number of carbonyl (C=O) groups excluding carboxylic acids is 1. The summed E-state index contributed by atoms with van der Waals surface area (Å²) in [6.07, 6.45) is -0.573. The molecule has 5 heteroatoms. The van der Waals surface area contributed by atoms with Gasteiger partial charge >= 0.3 is 0 Å². The number of amides is 1. The lowest BCUT2D eigenvalue weighted by Gasteiger charge is -2.15. The lowest BCUT2D eigenvalue weighted by atomic mass is 10.1. The predicted molar refractivity (Wildman–Crippen MR) is 63.9 cm³/mol. The molecule has 1 saturated heterocycles. The number of likely N-dealkylation sites (tertiary alicyclic amines) is 1. The fourth-order valence-electron chi connectivity index (χ4n) is 1.90. The number of rotatable bonds is 2. The van der Waals surface area contributed by atoms with Gasteiger partial charge in [-0.25, -0.2) is 8.78 Å². The van der Waals surface area contributed by atoms with Gasteiger partial charge in [-0.3, -0.25) is 4.79 Å². The van der Waals surface area contributed by atoms with E-state index in [9.17, 15) is 13.6 Å². The van der Waals surface area contributed by atoms with Crippen molar-refractivity contribution in [2.45, 2.75) is 19.0 Å². The van der Waals surface area contributed by atoms with Crippen LogP contribution >= 0.6 is 15.9 Å². The molecule has 0 aromatic heterocycles. The van der Waals surface area contributed by atoms with E-state index in [0.717, 1.165) is 4.47 Å². The molecule has 1 fully saturated rings. The molecule has 1 amide bonds. The van der Waals surface area contributed by atoms with E-state index in [2.05, 4.69) is 15.9 Å². The Kier molecular flexibility index (Phi) is 3.76. The molecule has 1 unspecified atom stereocenters. The van der Waals surface area contributed by atoms with E-state index in [1.807, 2.05) is 0 Å². The zero-order chi connectivity index (χ0) is 12.4. The van der Waals surface area contributed by atoms with Crippen molar-refractivity contribution in [3.63, 3.8) is 0 Å². The minimum absolute atomic E-state index is 0.0159. The topological polar surface area (TPSA) is 20.3 Å². The molecule has 0 radical (unpaired) electrons. The molecule has 92 valence electrons. The highest BCUT2D eigenvalue weighted by Gasteiger charge is 2.26. The van der Waals surface area contributed by atoms with Crippen LogP contribution < -0.4 is 0 Å². The highest BCUT2D eigenvalue weighted by atomic mass is 79.9. The minimum Gasteiger partial charge on any atom is -0.339 e. The van der Waals surface area contributed by atoms with Gasteiger partial charge in [0, 0.05) is 11.0 Å². The summed E-state index contributed by atoms with van der Waals surface area (Å²) in [7, 11) is 0. The van der Waals surface area contributed by atoms with Crippen LogP contribution in [-0.2, 0) is 11.2 Å². The van der Waals surface area contributed by atoms with Gasteiger partial charge in [0.2, 0.25) is 5.91 Å². The van der Waals surface area contributed by atoms with Crippen LogP contribution in [0.5, 0.6) is 0 Å². The van der Waals surface area contributed by atoms with Crippen molar-refractivity contribution in [2.75, 3.05) is 13.1 Å². The number of hydrogen-bond donors (Lipinski definition) is 0. The maximum atomic E-state index is 13.4. The molecule has 1 aliphatic heterocycles. The number of halogens is 3. The second-order valence-corrected chi connectivity index (χ2v) is 5.05. The van der Waals surface area contributed by atoms with Gasteiger partial charge in [-0.1, -0.05) is 15.9 Å². The summed E-state index contributed by atoms with van der Waals surface area (Å²) in [6.45, 7) is 0.560. The average molecular weight is 304 g/mol. The van der Waals surface area contributed by atoms with Crippen LogP contribution in [0.15, 0.2) is 22.7 Å². The molecule has 2 rings (SSSR count). The summed E-state index contributed by atoms with van der Waals surface area (Å²) in [5.41, 5.74) is 0.340. The average Bonchev–Trinajstić information content (AvgIpc) is 2.70. The molecule has 2 nitrogen and oxygen atoms in total. The highest BCUT2D eigenvalue weighted by Crippen LogP contribution is 2.18. The fraction of sp³-hybridized carbons (Fsp3) is 0.417. The zero-order valence-electron chi connectivity index (χ0n) is 9.13. The number of alkyl halides is 1. The van der Waals surface area contributed by atoms with Crippen LogP contribution in [0, 0.1) is 5.82 Å². The molecule has 0 aliphatic carbocycles. The Balaban J connectivity index is 2.05. The van der Waals surface area contributed by atoms with E-state index in [1.54, 1.807) is 12.1 Å². The van der Waals surface area contributed by atoms with Crippen molar-refractivity contribution in [1.82, 2.24) is 4.90 Å². The van der Waals surface area contributed by atoms with Gasteiger partial charge in [-0.15, -0.1) is 0 Å². The molecule has 0 spiro atoms. The number of nitrogens with zero attached hydrogens (tertiary/aromatic N) is 1. The Labute approximate surface area is 107 Å². The lowest BCUT2D eigenvalue weighted by molar-refractivity contribution is -0.129. The molecule has 1 aromatic carbocycles. The van der Waals surface area contributed by atoms with Crippen molar-refractivity contribution in [3.05, 3.63) is 34.1 Å². The first-order chi connectivity index (χ1) is 8.06. The summed E-state index contributed by atoms with van der Waals surface area (Å²) in [4.78, 5) is 13.3. The first kappa shape index (κ1) is 12.5. The molecule has 0 bridgehead atoms. The first-order valence-electron chi connectivity index (χ1n) is 5.42. The summed E-state index contributed by atoms with van der Waals surface area (Å²) in [6, 6.07) is 4.47. The van der Waals surface area contributed by atoms with E-state index in [-0.39, 0.29) is 18.9 Å². The van der Waals surface area contributed by atoms with Crippen LogP contribution in [0.3, 0.4) is 0 Å². The van der Waals surface area contributed by atoms with Crippen molar-refractivity contribution in [2.24, 2.45) is 0 Å². The van der Waals surface area contributed by atoms with Crippen molar-refractivity contribution < 1.29 is 13.6 Å². The quantitative estimate of drug-likeness (QED) is 0.822. The Morgan fingerprint density at radius 2 is 2.29 bits per heavy atom. The smallest absolute Gasteiger partial charge is 0.227 e. The Morgan fingerprint density at radius 3 is 2.94 bits per heavy atom. The zero-order valence-corrected chi connectivity index (χ0v) is 10.7. The molecular weight excluding hydrogens is 292 g/mol. The minimum atomic E-state index is -0.939. The van der Waals surface area contributed by atoms with Crippen molar-refractivity contribution >= 4 is 21.8 Å². The van der Waals surface area contributed by atoms with E-state index in [0.29, 0.717) is 18.5 Å². The van der Waals surface area contributed by atoms with E-state index in [4.69, 9.17) is 0 Å². The van der Waals surface area contributed by atoms with Gasteiger partial charge in [-0.05, 0) is 30.2 Å². The van der Waals surface area contributed by atoms with E-state index >= 15 is 0 Å². The Bertz CT molecular complexity index is 439. The van der Waals surface area contributed by atoms with Gasteiger partial charge in [-0.2, -0.15) is 0 Å². The third kappa shape index (κ3) is 3.03. The highest BCUT2D eigenvalue weighted by molar-refractivity contribution is 9.10. The van der Waals surface area contributed by atoms with Crippen LogP contribution in [0.25, 0.3) is 0 Å². The van der Waals surface area contributed by atoms with Gasteiger partial charge in [0.25, 0.3) is 0 Å². The molecule has 1 aliphatic rings. The maximum Gasteiger partial charge on any atom is 0.227 e. The van der Waals surface area contributed by atoms with Crippen molar-refractivity contribution in [1.29, 1.82) is 0 Å². The third-order valence-corrected chi connectivity index (χ3v) is 3.33. The van der Waals surface area contributed by atoms with Gasteiger partial charge in [0.15, 0.2) is 0 Å². The van der Waals surface area contributed by atoms with Crippen LogP contribution in [0.2, 0.25) is 0 Å². The summed E-state index contributed by atoms with van der Waals surface area (Å²) in [5, 5.41) is 0.